The number of rotatable bonds is 5. The van der Waals surface area contributed by atoms with Crippen LogP contribution in [0, 0.1) is 5.92 Å². The van der Waals surface area contributed by atoms with E-state index < -0.39 is 10.0 Å². The zero-order chi connectivity index (χ0) is 9.78. The Kier molecular flexibility index (Phi) is 4.74. The van der Waals surface area contributed by atoms with E-state index in [1.54, 1.807) is 6.92 Å². The van der Waals surface area contributed by atoms with E-state index >= 15 is 0 Å². The molecule has 0 heterocycles. The van der Waals surface area contributed by atoms with E-state index in [4.69, 9.17) is 5.73 Å². The lowest BCUT2D eigenvalue weighted by Gasteiger charge is -2.12. The van der Waals surface area contributed by atoms with Crippen LogP contribution in [-0.4, -0.2) is 26.8 Å². The van der Waals surface area contributed by atoms with Gasteiger partial charge in [0.25, 0.3) is 0 Å². The van der Waals surface area contributed by atoms with Gasteiger partial charge in [-0.05, 0) is 12.8 Å². The van der Waals surface area contributed by atoms with Crippen molar-refractivity contribution in [2.24, 2.45) is 11.7 Å². The summed E-state index contributed by atoms with van der Waals surface area (Å²) < 4.78 is 25.0. The van der Waals surface area contributed by atoms with Crippen molar-refractivity contribution in [2.75, 3.05) is 12.3 Å². The smallest absolute Gasteiger partial charge is 0.212 e. The third-order valence-corrected chi connectivity index (χ3v) is 3.15. The molecule has 0 aliphatic rings. The summed E-state index contributed by atoms with van der Waals surface area (Å²) in [6.45, 7) is 5.81. The van der Waals surface area contributed by atoms with Crippen molar-refractivity contribution in [2.45, 2.75) is 26.8 Å². The third-order valence-electron chi connectivity index (χ3n) is 1.29. The molecule has 3 N–H and O–H groups in total. The quantitative estimate of drug-likeness (QED) is 0.642. The zero-order valence-electron chi connectivity index (χ0n) is 7.87. The van der Waals surface area contributed by atoms with Gasteiger partial charge in [0.05, 0.1) is 5.75 Å². The lowest BCUT2D eigenvalue weighted by atomic mass is 10.3. The number of nitrogens with one attached hydrogen (secondary N) is 1. The van der Waals surface area contributed by atoms with Crippen LogP contribution in [0.5, 0.6) is 0 Å². The van der Waals surface area contributed by atoms with Gasteiger partial charge in [-0.2, -0.15) is 0 Å². The fourth-order valence-electron chi connectivity index (χ4n) is 0.842. The van der Waals surface area contributed by atoms with E-state index in [1.165, 1.54) is 0 Å². The van der Waals surface area contributed by atoms with Crippen LogP contribution in [0.1, 0.15) is 20.8 Å². The molecule has 0 aromatic rings. The maximum absolute atomic E-state index is 11.2. The van der Waals surface area contributed by atoms with Crippen molar-refractivity contribution in [1.29, 1.82) is 0 Å². The summed E-state index contributed by atoms with van der Waals surface area (Å²) in [7, 11) is -3.12. The van der Waals surface area contributed by atoms with Crippen molar-refractivity contribution in [1.82, 2.24) is 4.72 Å². The van der Waals surface area contributed by atoms with Crippen molar-refractivity contribution in [3.8, 4) is 0 Å². The Hall–Kier alpha value is -0.130. The summed E-state index contributed by atoms with van der Waals surface area (Å²) in [6.07, 6.45) is 0. The van der Waals surface area contributed by atoms with Crippen molar-refractivity contribution in [3.63, 3.8) is 0 Å². The minimum Gasteiger partial charge on any atom is -0.329 e. The van der Waals surface area contributed by atoms with Gasteiger partial charge in [0.2, 0.25) is 10.0 Å². The van der Waals surface area contributed by atoms with Gasteiger partial charge in [0, 0.05) is 12.6 Å². The monoisotopic (exact) mass is 194 g/mol. The maximum atomic E-state index is 11.2. The summed E-state index contributed by atoms with van der Waals surface area (Å²) in [5, 5.41) is 0. The van der Waals surface area contributed by atoms with Crippen LogP contribution in [-0.2, 0) is 10.0 Å². The second-order valence-electron chi connectivity index (χ2n) is 3.43. The minimum atomic E-state index is -3.12. The molecule has 0 aliphatic heterocycles. The molecule has 0 aromatic carbocycles. The first-order valence-corrected chi connectivity index (χ1v) is 5.72. The Morgan fingerprint density at radius 1 is 1.33 bits per heavy atom. The molecule has 0 fully saturated rings. The van der Waals surface area contributed by atoms with Gasteiger partial charge in [0.15, 0.2) is 0 Å². The molecular weight excluding hydrogens is 176 g/mol. The predicted octanol–water partition coefficient (Wildman–Crippen LogP) is -0.0910. The predicted molar refractivity (Wildman–Crippen MR) is 50.3 cm³/mol. The molecular formula is C7H18N2O2S. The fraction of sp³-hybridized carbons (Fsp3) is 1.00. The highest BCUT2D eigenvalue weighted by Gasteiger charge is 2.14. The van der Waals surface area contributed by atoms with E-state index in [2.05, 4.69) is 4.72 Å². The van der Waals surface area contributed by atoms with Crippen LogP contribution in [0.2, 0.25) is 0 Å². The van der Waals surface area contributed by atoms with Crippen LogP contribution in [0.25, 0.3) is 0 Å². The van der Waals surface area contributed by atoms with Crippen LogP contribution in [0.4, 0.5) is 0 Å². The number of sulfonamides is 1. The molecule has 0 radical (unpaired) electrons. The van der Waals surface area contributed by atoms with Crippen LogP contribution in [0.15, 0.2) is 0 Å². The molecule has 0 spiro atoms. The average molecular weight is 194 g/mol. The Balaban J connectivity index is 4.05. The van der Waals surface area contributed by atoms with Gasteiger partial charge in [0.1, 0.15) is 0 Å². The van der Waals surface area contributed by atoms with E-state index in [-0.39, 0.29) is 17.7 Å². The van der Waals surface area contributed by atoms with Gasteiger partial charge in [-0.3, -0.25) is 0 Å². The highest BCUT2D eigenvalue weighted by molar-refractivity contribution is 7.89. The van der Waals surface area contributed by atoms with Crippen molar-refractivity contribution >= 4 is 10.0 Å². The van der Waals surface area contributed by atoms with E-state index in [0.29, 0.717) is 6.54 Å². The molecule has 0 saturated heterocycles. The fourth-order valence-corrected chi connectivity index (χ4v) is 2.52. The molecule has 0 amide bonds. The molecule has 74 valence electrons. The lowest BCUT2D eigenvalue weighted by molar-refractivity contribution is 0.551. The summed E-state index contributed by atoms with van der Waals surface area (Å²) >= 11 is 0. The van der Waals surface area contributed by atoms with Crippen LogP contribution >= 0.6 is 0 Å². The van der Waals surface area contributed by atoms with E-state index in [0.717, 1.165) is 0 Å². The summed E-state index contributed by atoms with van der Waals surface area (Å²) in [5.41, 5.74) is 5.28. The van der Waals surface area contributed by atoms with Crippen LogP contribution < -0.4 is 10.5 Å². The SMILES string of the molecule is CC(C)CS(=O)(=O)NC(C)CN. The largest absolute Gasteiger partial charge is 0.329 e. The van der Waals surface area contributed by atoms with Crippen molar-refractivity contribution < 1.29 is 8.42 Å². The summed E-state index contributed by atoms with van der Waals surface area (Å²) in [6, 6.07) is -0.172. The first kappa shape index (κ1) is 11.9. The van der Waals surface area contributed by atoms with E-state index in [1.807, 2.05) is 13.8 Å². The molecule has 12 heavy (non-hydrogen) atoms. The summed E-state index contributed by atoms with van der Waals surface area (Å²) in [5.74, 6) is 0.310. The first-order chi connectivity index (χ1) is 5.37. The Bertz CT molecular complexity index is 211. The molecule has 5 heteroatoms. The zero-order valence-corrected chi connectivity index (χ0v) is 8.69. The molecule has 1 atom stereocenters. The number of hydrogen-bond donors (Lipinski definition) is 2. The molecule has 0 aromatic heterocycles. The molecule has 0 aliphatic carbocycles. The normalized spacial score (nSPS) is 15.1. The lowest BCUT2D eigenvalue weighted by Crippen LogP contribution is -2.39. The molecule has 1 unspecified atom stereocenters. The summed E-state index contributed by atoms with van der Waals surface area (Å²) in [4.78, 5) is 0. The molecule has 4 nitrogen and oxygen atoms in total. The Labute approximate surface area is 74.6 Å². The highest BCUT2D eigenvalue weighted by Crippen LogP contribution is 1.98. The molecule has 0 bridgehead atoms. The average Bonchev–Trinajstić information content (AvgIpc) is 1.83. The highest BCUT2D eigenvalue weighted by atomic mass is 32.2. The van der Waals surface area contributed by atoms with Gasteiger partial charge in [-0.15, -0.1) is 0 Å². The van der Waals surface area contributed by atoms with E-state index in [9.17, 15) is 8.42 Å². The standard InChI is InChI=1S/C7H18N2O2S/c1-6(2)5-12(10,11)9-7(3)4-8/h6-7,9H,4-5,8H2,1-3H3. The minimum absolute atomic E-state index is 0.146. The molecule has 0 rings (SSSR count). The Morgan fingerprint density at radius 2 is 1.83 bits per heavy atom. The van der Waals surface area contributed by atoms with Crippen LogP contribution in [0.3, 0.4) is 0 Å². The number of nitrogens with two attached hydrogens (primary N) is 1. The first-order valence-electron chi connectivity index (χ1n) is 4.07. The molecule has 0 saturated carbocycles. The van der Waals surface area contributed by atoms with Gasteiger partial charge >= 0.3 is 0 Å². The maximum Gasteiger partial charge on any atom is 0.212 e. The second-order valence-corrected chi connectivity index (χ2v) is 5.23. The van der Waals surface area contributed by atoms with Gasteiger partial charge in [-0.25, -0.2) is 13.1 Å². The second kappa shape index (κ2) is 4.79. The number of hydrogen-bond acceptors (Lipinski definition) is 3. The van der Waals surface area contributed by atoms with Crippen molar-refractivity contribution in [3.05, 3.63) is 0 Å². The Morgan fingerprint density at radius 3 is 2.17 bits per heavy atom. The topological polar surface area (TPSA) is 72.2 Å². The third kappa shape index (κ3) is 5.51. The van der Waals surface area contributed by atoms with Gasteiger partial charge < -0.3 is 5.73 Å². The van der Waals surface area contributed by atoms with Gasteiger partial charge in [-0.1, -0.05) is 13.8 Å².